The van der Waals surface area contributed by atoms with Gasteiger partial charge < -0.3 is 20.1 Å². The van der Waals surface area contributed by atoms with Gasteiger partial charge in [0.25, 0.3) is 0 Å². The van der Waals surface area contributed by atoms with E-state index in [0.29, 0.717) is 18.6 Å². The number of carboxylic acids is 1. The summed E-state index contributed by atoms with van der Waals surface area (Å²) in [5.41, 5.74) is 5.06. The van der Waals surface area contributed by atoms with Gasteiger partial charge >= 0.3 is 5.97 Å². The molecule has 2 aromatic rings. The number of aryl methyl sites for hydroxylation is 2. The Labute approximate surface area is 229 Å². The van der Waals surface area contributed by atoms with E-state index in [1.807, 2.05) is 32.9 Å². The van der Waals surface area contributed by atoms with Crippen LogP contribution >= 0.6 is 0 Å². The quantitative estimate of drug-likeness (QED) is 0.216. The summed E-state index contributed by atoms with van der Waals surface area (Å²) in [5.74, 6) is -0.217. The minimum atomic E-state index is -0.922. The molecule has 0 spiro atoms. The Kier molecular flexibility index (Phi) is 12.1. The van der Waals surface area contributed by atoms with Crippen molar-refractivity contribution in [1.29, 1.82) is 0 Å². The molecule has 0 unspecified atom stereocenters. The molecule has 0 amide bonds. The number of rotatable bonds is 16. The lowest BCUT2D eigenvalue weighted by Crippen LogP contribution is -2.26. The fraction of sp³-hybridized carbons (Fsp3) is 0.545. The van der Waals surface area contributed by atoms with Crippen molar-refractivity contribution in [2.45, 2.75) is 110 Å². The number of hydrogen-bond acceptors (Lipinski definition) is 4. The van der Waals surface area contributed by atoms with E-state index >= 15 is 0 Å². The summed E-state index contributed by atoms with van der Waals surface area (Å²) in [6, 6.07) is 13.1. The third-order valence-electron chi connectivity index (χ3n) is 8.07. The van der Waals surface area contributed by atoms with E-state index in [1.54, 1.807) is 0 Å². The number of carboxylic acid groups (broad SMARTS) is 1. The number of benzene rings is 2. The fourth-order valence-electron chi connectivity index (χ4n) is 5.18. The second-order valence-electron chi connectivity index (χ2n) is 10.5. The monoisotopic (exact) mass is 524 g/mol. The van der Waals surface area contributed by atoms with Crippen LogP contribution in [-0.4, -0.2) is 39.6 Å². The van der Waals surface area contributed by atoms with Crippen LogP contribution in [-0.2, 0) is 16.6 Å². The van der Waals surface area contributed by atoms with Gasteiger partial charge in [-0.2, -0.15) is 0 Å². The van der Waals surface area contributed by atoms with Crippen molar-refractivity contribution in [1.82, 2.24) is 0 Å². The van der Waals surface area contributed by atoms with Crippen LogP contribution in [0.2, 0.25) is 0 Å². The van der Waals surface area contributed by atoms with Crippen LogP contribution in [0.25, 0.3) is 6.08 Å². The molecule has 5 nitrogen and oxygen atoms in total. The molecule has 3 N–H and O–H groups in total. The maximum atomic E-state index is 10.8. The van der Waals surface area contributed by atoms with Crippen molar-refractivity contribution in [3.8, 4) is 5.75 Å². The molecule has 0 saturated heterocycles. The van der Waals surface area contributed by atoms with Gasteiger partial charge in [0.15, 0.2) is 0 Å². The first kappa shape index (κ1) is 31.6. The summed E-state index contributed by atoms with van der Waals surface area (Å²) in [6.07, 6.45) is 8.61. The maximum Gasteiger partial charge on any atom is 0.303 e. The summed E-state index contributed by atoms with van der Waals surface area (Å²) in [4.78, 5) is 10.7. The van der Waals surface area contributed by atoms with E-state index in [0.717, 1.165) is 31.2 Å². The third-order valence-corrected chi connectivity index (χ3v) is 8.07. The standard InChI is InChI=1S/C33H48O5/c1-7-12-26-22-28(14-13-25(26)19-20-32(37,8-2)9-3)33(10-4,11-5)27-15-17-30(24(6)21-27)38-23-29(34)16-18-31(35)36/h13-15,17,19-22,29,34,37H,7-12,16,18,23H2,1-6H3,(H,35,36)/t29-/m0/s1. The van der Waals surface area contributed by atoms with Gasteiger partial charge in [-0.25, -0.2) is 0 Å². The van der Waals surface area contributed by atoms with Gasteiger partial charge in [0, 0.05) is 11.8 Å². The molecule has 5 heteroatoms. The maximum absolute atomic E-state index is 10.8. The van der Waals surface area contributed by atoms with Gasteiger partial charge in [-0.1, -0.05) is 83.5 Å². The number of aliphatic hydroxyl groups excluding tert-OH is 1. The number of carbonyl (C=O) groups is 1. The molecule has 2 aromatic carbocycles. The molecule has 0 bridgehead atoms. The molecule has 0 aliphatic carbocycles. The van der Waals surface area contributed by atoms with Crippen LogP contribution in [0.4, 0.5) is 0 Å². The molecule has 0 heterocycles. The first-order valence-corrected chi connectivity index (χ1v) is 14.3. The van der Waals surface area contributed by atoms with Crippen LogP contribution in [0.1, 0.15) is 107 Å². The second kappa shape index (κ2) is 14.5. The Morgan fingerprint density at radius 1 is 0.974 bits per heavy atom. The largest absolute Gasteiger partial charge is 0.491 e. The van der Waals surface area contributed by atoms with E-state index in [4.69, 9.17) is 9.84 Å². The lowest BCUT2D eigenvalue weighted by molar-refractivity contribution is -0.137. The van der Waals surface area contributed by atoms with Gasteiger partial charge in [-0.15, -0.1) is 0 Å². The van der Waals surface area contributed by atoms with Crippen LogP contribution in [0.5, 0.6) is 5.75 Å². The lowest BCUT2D eigenvalue weighted by atomic mass is 9.69. The topological polar surface area (TPSA) is 87.0 Å². The van der Waals surface area contributed by atoms with E-state index in [9.17, 15) is 15.0 Å². The predicted octanol–water partition coefficient (Wildman–Crippen LogP) is 7.22. The average molecular weight is 525 g/mol. The lowest BCUT2D eigenvalue weighted by Gasteiger charge is -2.34. The Hall–Kier alpha value is -2.63. The van der Waals surface area contributed by atoms with Crippen molar-refractivity contribution >= 4 is 12.0 Å². The van der Waals surface area contributed by atoms with E-state index in [1.165, 1.54) is 22.3 Å². The molecule has 0 saturated carbocycles. The van der Waals surface area contributed by atoms with E-state index < -0.39 is 17.7 Å². The van der Waals surface area contributed by atoms with Crippen LogP contribution in [0.3, 0.4) is 0 Å². The Morgan fingerprint density at radius 2 is 1.61 bits per heavy atom. The summed E-state index contributed by atoms with van der Waals surface area (Å²) in [7, 11) is 0. The van der Waals surface area contributed by atoms with Gasteiger partial charge in [0.2, 0.25) is 0 Å². The minimum Gasteiger partial charge on any atom is -0.491 e. The van der Waals surface area contributed by atoms with Gasteiger partial charge in [0.05, 0.1) is 11.7 Å². The first-order valence-electron chi connectivity index (χ1n) is 14.3. The number of aliphatic hydroxyl groups is 2. The normalized spacial score (nSPS) is 13.2. The molecule has 1 atom stereocenters. The van der Waals surface area contributed by atoms with Crippen molar-refractivity contribution in [3.05, 3.63) is 70.3 Å². The first-order chi connectivity index (χ1) is 18.1. The van der Waals surface area contributed by atoms with Crippen LogP contribution in [0.15, 0.2) is 42.5 Å². The van der Waals surface area contributed by atoms with Crippen molar-refractivity contribution < 1.29 is 24.9 Å². The highest BCUT2D eigenvalue weighted by molar-refractivity contribution is 5.66. The molecular weight excluding hydrogens is 476 g/mol. The molecule has 210 valence electrons. The fourth-order valence-corrected chi connectivity index (χ4v) is 5.18. The SMILES string of the molecule is CCCc1cc(C(CC)(CC)c2ccc(OC[C@@H](O)CCC(=O)O)c(C)c2)ccc1C=CC(O)(CC)CC. The summed E-state index contributed by atoms with van der Waals surface area (Å²) in [6.45, 7) is 12.8. The number of ether oxygens (including phenoxy) is 1. The molecule has 0 fully saturated rings. The summed E-state index contributed by atoms with van der Waals surface area (Å²) < 4.78 is 5.84. The Balaban J connectivity index is 2.39. The van der Waals surface area contributed by atoms with Crippen molar-refractivity contribution in [2.24, 2.45) is 0 Å². The molecule has 0 aliphatic heterocycles. The summed E-state index contributed by atoms with van der Waals surface area (Å²) in [5, 5.41) is 29.6. The second-order valence-corrected chi connectivity index (χ2v) is 10.5. The van der Waals surface area contributed by atoms with E-state index in [-0.39, 0.29) is 24.9 Å². The molecule has 2 rings (SSSR count). The smallest absolute Gasteiger partial charge is 0.303 e. The Bertz CT molecular complexity index is 1060. The highest BCUT2D eigenvalue weighted by atomic mass is 16.5. The number of hydrogen-bond donors (Lipinski definition) is 3. The molecule has 0 aliphatic rings. The van der Waals surface area contributed by atoms with Gasteiger partial charge in [0.1, 0.15) is 12.4 Å². The number of aliphatic carboxylic acids is 1. The zero-order valence-corrected chi connectivity index (χ0v) is 24.2. The highest BCUT2D eigenvalue weighted by Gasteiger charge is 2.31. The zero-order valence-electron chi connectivity index (χ0n) is 24.2. The van der Waals surface area contributed by atoms with Crippen LogP contribution < -0.4 is 4.74 Å². The zero-order chi connectivity index (χ0) is 28.3. The Morgan fingerprint density at radius 3 is 2.16 bits per heavy atom. The predicted molar refractivity (Wildman–Crippen MR) is 156 cm³/mol. The molecule has 0 radical (unpaired) electrons. The minimum absolute atomic E-state index is 0.0701. The average Bonchev–Trinajstić information content (AvgIpc) is 2.92. The van der Waals surface area contributed by atoms with Crippen molar-refractivity contribution in [2.75, 3.05) is 6.61 Å². The van der Waals surface area contributed by atoms with Crippen molar-refractivity contribution in [3.63, 3.8) is 0 Å². The molecular formula is C33H48O5. The highest BCUT2D eigenvalue weighted by Crippen LogP contribution is 2.41. The summed E-state index contributed by atoms with van der Waals surface area (Å²) >= 11 is 0. The van der Waals surface area contributed by atoms with Gasteiger partial charge in [-0.05, 0) is 79.3 Å². The van der Waals surface area contributed by atoms with E-state index in [2.05, 4.69) is 57.2 Å². The van der Waals surface area contributed by atoms with Crippen LogP contribution in [0, 0.1) is 6.92 Å². The molecule has 0 aromatic heterocycles. The van der Waals surface area contributed by atoms with Gasteiger partial charge in [-0.3, -0.25) is 4.79 Å². The molecule has 38 heavy (non-hydrogen) atoms. The third kappa shape index (κ3) is 7.94.